The molecule has 3 amide bonds. The van der Waals surface area contributed by atoms with Crippen LogP contribution < -0.4 is 10.6 Å². The summed E-state index contributed by atoms with van der Waals surface area (Å²) in [6, 6.07) is 8.57. The highest BCUT2D eigenvalue weighted by molar-refractivity contribution is 9.10. The number of amides is 3. The molecule has 1 aromatic carbocycles. The molecule has 2 heterocycles. The predicted molar refractivity (Wildman–Crippen MR) is 118 cm³/mol. The lowest BCUT2D eigenvalue weighted by Gasteiger charge is -2.15. The van der Waals surface area contributed by atoms with E-state index in [1.165, 1.54) is 12.1 Å². The second-order valence-electron chi connectivity index (χ2n) is 6.24. The third-order valence-electron chi connectivity index (χ3n) is 3.87. The maximum absolute atomic E-state index is 12.2. The SMILES string of the molecule is Cc1ccc(NC(=O)CSC2=NC(=N)C(=NC(=O)c3ccc(Br)o3)C(=O)N2)c(C)c1. The summed E-state index contributed by atoms with van der Waals surface area (Å²) in [6.45, 7) is 3.86. The molecule has 0 unspecified atom stereocenters. The molecule has 0 fully saturated rings. The first-order valence-corrected chi connectivity index (χ1v) is 10.4. The number of anilines is 1. The van der Waals surface area contributed by atoms with Crippen LogP contribution in [0.5, 0.6) is 0 Å². The smallest absolute Gasteiger partial charge is 0.313 e. The minimum atomic E-state index is -0.810. The van der Waals surface area contributed by atoms with Crippen molar-refractivity contribution in [3.05, 3.63) is 51.9 Å². The highest BCUT2D eigenvalue weighted by Crippen LogP contribution is 2.17. The monoisotopic (exact) mass is 489 g/mol. The number of thioether (sulfide) groups is 1. The Kier molecular flexibility index (Phi) is 6.63. The van der Waals surface area contributed by atoms with Gasteiger partial charge in [-0.2, -0.15) is 4.99 Å². The molecule has 0 radical (unpaired) electrons. The number of aliphatic imine (C=N–C) groups is 2. The van der Waals surface area contributed by atoms with E-state index in [2.05, 4.69) is 36.5 Å². The van der Waals surface area contributed by atoms with Crippen LogP contribution in [0.4, 0.5) is 5.69 Å². The normalized spacial score (nSPS) is 15.0. The van der Waals surface area contributed by atoms with E-state index in [9.17, 15) is 14.4 Å². The number of nitrogens with zero attached hydrogens (tertiary/aromatic N) is 2. The molecule has 0 bridgehead atoms. The maximum atomic E-state index is 12.2. The fraction of sp³-hybridized carbons (Fsp3) is 0.158. The van der Waals surface area contributed by atoms with Gasteiger partial charge in [0, 0.05) is 5.69 Å². The third kappa shape index (κ3) is 5.30. The Morgan fingerprint density at radius 3 is 2.70 bits per heavy atom. The minimum Gasteiger partial charge on any atom is -0.444 e. The van der Waals surface area contributed by atoms with Crippen molar-refractivity contribution >= 4 is 67.8 Å². The van der Waals surface area contributed by atoms with E-state index in [1.54, 1.807) is 0 Å². The van der Waals surface area contributed by atoms with Gasteiger partial charge < -0.3 is 9.73 Å². The molecule has 1 aromatic heterocycles. The molecule has 3 rings (SSSR count). The van der Waals surface area contributed by atoms with Crippen LogP contribution in [0.25, 0.3) is 0 Å². The molecule has 11 heteroatoms. The van der Waals surface area contributed by atoms with Crippen LogP contribution >= 0.6 is 27.7 Å². The first-order chi connectivity index (χ1) is 14.2. The van der Waals surface area contributed by atoms with Crippen molar-refractivity contribution < 1.29 is 18.8 Å². The van der Waals surface area contributed by atoms with Crippen molar-refractivity contribution in [2.45, 2.75) is 13.8 Å². The number of rotatable bonds is 4. The van der Waals surface area contributed by atoms with E-state index in [1.807, 2.05) is 32.0 Å². The molecule has 0 saturated heterocycles. The number of hydrogen-bond acceptors (Lipinski definition) is 6. The summed E-state index contributed by atoms with van der Waals surface area (Å²) in [5.41, 5.74) is 2.29. The van der Waals surface area contributed by atoms with Gasteiger partial charge in [-0.05, 0) is 53.5 Å². The standard InChI is InChI=1S/C19H16BrN5O4S/c1-9-3-4-11(10(2)7-9)22-14(26)8-30-19-24-16(21)15(18(28)25-19)23-17(27)12-5-6-13(20)29-12/h3-7H,8H2,1-2H3,(H,22,26)(H2,21,24,25,28). The molecule has 9 nitrogen and oxygen atoms in total. The number of hydrogen-bond donors (Lipinski definition) is 3. The van der Waals surface area contributed by atoms with Gasteiger partial charge >= 0.3 is 5.91 Å². The van der Waals surface area contributed by atoms with Crippen LogP contribution in [-0.4, -0.2) is 40.2 Å². The van der Waals surface area contributed by atoms with Gasteiger partial charge in [-0.3, -0.25) is 25.1 Å². The zero-order valence-electron chi connectivity index (χ0n) is 15.9. The minimum absolute atomic E-state index is 0.0223. The van der Waals surface area contributed by atoms with E-state index in [-0.39, 0.29) is 22.6 Å². The first-order valence-electron chi connectivity index (χ1n) is 8.60. The number of carbonyl (C=O) groups is 3. The van der Waals surface area contributed by atoms with E-state index >= 15 is 0 Å². The molecule has 0 aliphatic carbocycles. The van der Waals surface area contributed by atoms with E-state index in [4.69, 9.17) is 9.83 Å². The summed E-state index contributed by atoms with van der Waals surface area (Å²) in [5.74, 6) is -2.43. The first kappa shape index (κ1) is 21.7. The van der Waals surface area contributed by atoms with E-state index in [0.29, 0.717) is 10.4 Å². The molecule has 30 heavy (non-hydrogen) atoms. The van der Waals surface area contributed by atoms with Crippen molar-refractivity contribution in [2.24, 2.45) is 9.98 Å². The number of nitrogens with one attached hydrogen (secondary N) is 3. The molecule has 1 aliphatic rings. The Bertz CT molecular complexity index is 1120. The van der Waals surface area contributed by atoms with Crippen LogP contribution in [0.1, 0.15) is 21.7 Å². The lowest BCUT2D eigenvalue weighted by molar-refractivity contribution is -0.114. The average molecular weight is 490 g/mol. The fourth-order valence-electron chi connectivity index (χ4n) is 2.48. The molecule has 3 N–H and O–H groups in total. The van der Waals surface area contributed by atoms with Crippen LogP contribution in [0.15, 0.2) is 49.4 Å². The average Bonchev–Trinajstić information content (AvgIpc) is 3.11. The number of amidine groups is 2. The molecule has 0 spiro atoms. The van der Waals surface area contributed by atoms with E-state index < -0.39 is 23.4 Å². The lowest BCUT2D eigenvalue weighted by atomic mass is 10.1. The zero-order valence-corrected chi connectivity index (χ0v) is 18.3. The maximum Gasteiger partial charge on any atom is 0.313 e. The highest BCUT2D eigenvalue weighted by Gasteiger charge is 2.27. The summed E-state index contributed by atoms with van der Waals surface area (Å²) in [4.78, 5) is 44.0. The van der Waals surface area contributed by atoms with Crippen molar-refractivity contribution in [2.75, 3.05) is 11.1 Å². The second kappa shape index (κ2) is 9.18. The van der Waals surface area contributed by atoms with Gasteiger partial charge in [0.15, 0.2) is 27.1 Å². The largest absolute Gasteiger partial charge is 0.444 e. The topological polar surface area (TPSA) is 137 Å². The lowest BCUT2D eigenvalue weighted by Crippen LogP contribution is -2.43. The number of furan rings is 1. The quantitative estimate of drug-likeness (QED) is 0.605. The number of aryl methyl sites for hydroxylation is 2. The van der Waals surface area contributed by atoms with Crippen LogP contribution in [0.3, 0.4) is 0 Å². The third-order valence-corrected chi connectivity index (χ3v) is 5.17. The molecule has 1 aliphatic heterocycles. The Hall–Kier alpha value is -3.05. The highest BCUT2D eigenvalue weighted by atomic mass is 79.9. The summed E-state index contributed by atoms with van der Waals surface area (Å²) >= 11 is 4.03. The van der Waals surface area contributed by atoms with Gasteiger partial charge in [0.2, 0.25) is 5.91 Å². The Labute approximate surface area is 184 Å². The van der Waals surface area contributed by atoms with E-state index in [0.717, 1.165) is 22.9 Å². The number of carbonyl (C=O) groups excluding carboxylic acids is 3. The summed E-state index contributed by atoms with van der Waals surface area (Å²) in [7, 11) is 0. The Morgan fingerprint density at radius 1 is 1.30 bits per heavy atom. The van der Waals surface area contributed by atoms with Crippen LogP contribution in [0.2, 0.25) is 0 Å². The summed E-state index contributed by atoms with van der Waals surface area (Å²) in [5, 5.41) is 13.2. The number of benzene rings is 1. The molecular weight excluding hydrogens is 474 g/mol. The van der Waals surface area contributed by atoms with Crippen molar-refractivity contribution in [3.63, 3.8) is 0 Å². The molecule has 0 saturated carbocycles. The van der Waals surface area contributed by atoms with Gasteiger partial charge in [-0.1, -0.05) is 29.5 Å². The van der Waals surface area contributed by atoms with Crippen LogP contribution in [-0.2, 0) is 9.59 Å². The fourth-order valence-corrected chi connectivity index (χ4v) is 3.45. The van der Waals surface area contributed by atoms with Gasteiger partial charge in [-0.25, -0.2) is 4.99 Å². The molecule has 0 atom stereocenters. The molecule has 154 valence electrons. The Balaban J connectivity index is 1.62. The van der Waals surface area contributed by atoms with Gasteiger partial charge in [0.1, 0.15) is 0 Å². The van der Waals surface area contributed by atoms with Crippen molar-refractivity contribution in [3.8, 4) is 0 Å². The van der Waals surface area contributed by atoms with Crippen LogP contribution in [0, 0.1) is 19.3 Å². The van der Waals surface area contributed by atoms with Gasteiger partial charge in [0.05, 0.1) is 5.75 Å². The predicted octanol–water partition coefficient (Wildman–Crippen LogP) is 3.08. The molecule has 2 aromatic rings. The molecular formula is C19H16BrN5O4S. The van der Waals surface area contributed by atoms with Crippen molar-refractivity contribution in [1.82, 2.24) is 5.32 Å². The zero-order chi connectivity index (χ0) is 21.8. The van der Waals surface area contributed by atoms with Gasteiger partial charge in [-0.15, -0.1) is 0 Å². The number of halogens is 1. The van der Waals surface area contributed by atoms with Crippen molar-refractivity contribution in [1.29, 1.82) is 5.41 Å². The van der Waals surface area contributed by atoms with Gasteiger partial charge in [0.25, 0.3) is 5.91 Å². The second-order valence-corrected chi connectivity index (χ2v) is 7.99. The Morgan fingerprint density at radius 2 is 2.07 bits per heavy atom. The summed E-state index contributed by atoms with van der Waals surface area (Å²) in [6.07, 6.45) is 0. The summed E-state index contributed by atoms with van der Waals surface area (Å²) < 4.78 is 5.42.